The second kappa shape index (κ2) is 3.81. The molecule has 11 heavy (non-hydrogen) atoms. The smallest absolute Gasteiger partial charge is 0.144 e. The Kier molecular flexibility index (Phi) is 3.00. The van der Waals surface area contributed by atoms with Crippen molar-refractivity contribution in [2.75, 3.05) is 5.33 Å². The van der Waals surface area contributed by atoms with Crippen molar-refractivity contribution in [2.45, 2.75) is 12.8 Å². The second-order valence-electron chi connectivity index (χ2n) is 2.45. The molecule has 0 radical (unpaired) electrons. The van der Waals surface area contributed by atoms with Gasteiger partial charge in [-0.2, -0.15) is 0 Å². The average Bonchev–Trinajstić information content (AvgIpc) is 2.04. The Morgan fingerprint density at radius 1 is 1.73 bits per heavy atom. The van der Waals surface area contributed by atoms with Crippen LogP contribution in [0.5, 0.6) is 0 Å². The summed E-state index contributed by atoms with van der Waals surface area (Å²) in [5.41, 5.74) is 0.719. The van der Waals surface area contributed by atoms with E-state index in [1.165, 1.54) is 6.20 Å². The van der Waals surface area contributed by atoms with Gasteiger partial charge in [-0.1, -0.05) is 22.9 Å². The molecule has 0 aliphatic heterocycles. The summed E-state index contributed by atoms with van der Waals surface area (Å²) >= 11 is 3.30. The molecule has 1 unspecified atom stereocenters. The molecule has 60 valence electrons. The predicted molar refractivity (Wildman–Crippen MR) is 46.4 cm³/mol. The van der Waals surface area contributed by atoms with Gasteiger partial charge in [-0.25, -0.2) is 4.39 Å². The molecule has 1 rings (SSSR count). The maximum Gasteiger partial charge on any atom is 0.144 e. The zero-order valence-corrected chi connectivity index (χ0v) is 7.81. The largest absolute Gasteiger partial charge is 0.262 e. The van der Waals surface area contributed by atoms with Crippen molar-refractivity contribution >= 4 is 15.9 Å². The minimum absolute atomic E-state index is 0.206. The van der Waals surface area contributed by atoms with E-state index in [9.17, 15) is 4.39 Å². The van der Waals surface area contributed by atoms with E-state index in [2.05, 4.69) is 20.9 Å². The molecule has 0 bridgehead atoms. The van der Waals surface area contributed by atoms with Crippen LogP contribution in [0.2, 0.25) is 0 Å². The van der Waals surface area contributed by atoms with Crippen molar-refractivity contribution in [1.29, 1.82) is 0 Å². The van der Waals surface area contributed by atoms with E-state index in [1.54, 1.807) is 12.3 Å². The van der Waals surface area contributed by atoms with Crippen LogP contribution in [0.4, 0.5) is 4.39 Å². The molecule has 0 spiro atoms. The van der Waals surface area contributed by atoms with E-state index in [0.29, 0.717) is 0 Å². The minimum atomic E-state index is -0.223. The monoisotopic (exact) mass is 217 g/mol. The highest BCUT2D eigenvalue weighted by Crippen LogP contribution is 2.18. The molecule has 3 heteroatoms. The first-order valence-corrected chi connectivity index (χ1v) is 4.53. The summed E-state index contributed by atoms with van der Waals surface area (Å²) in [5.74, 6) is -0.0162. The van der Waals surface area contributed by atoms with Gasteiger partial charge < -0.3 is 0 Å². The molecule has 1 aromatic heterocycles. The summed E-state index contributed by atoms with van der Waals surface area (Å²) in [4.78, 5) is 3.67. The lowest BCUT2D eigenvalue weighted by molar-refractivity contribution is 0.593. The number of halogens is 2. The highest BCUT2D eigenvalue weighted by Gasteiger charge is 2.07. The molecular weight excluding hydrogens is 209 g/mol. The topological polar surface area (TPSA) is 12.9 Å². The second-order valence-corrected chi connectivity index (χ2v) is 3.10. The van der Waals surface area contributed by atoms with E-state index in [1.807, 2.05) is 6.92 Å². The van der Waals surface area contributed by atoms with Crippen LogP contribution in [-0.2, 0) is 0 Å². The van der Waals surface area contributed by atoms with Crippen molar-refractivity contribution in [3.63, 3.8) is 0 Å². The van der Waals surface area contributed by atoms with Crippen molar-refractivity contribution in [2.24, 2.45) is 0 Å². The first kappa shape index (κ1) is 8.65. The lowest BCUT2D eigenvalue weighted by Crippen LogP contribution is -1.98. The van der Waals surface area contributed by atoms with E-state index >= 15 is 0 Å². The van der Waals surface area contributed by atoms with E-state index in [4.69, 9.17) is 0 Å². The fourth-order valence-corrected chi connectivity index (χ4v) is 1.22. The molecule has 0 saturated heterocycles. The van der Waals surface area contributed by atoms with Gasteiger partial charge in [-0.15, -0.1) is 0 Å². The van der Waals surface area contributed by atoms with Gasteiger partial charge in [-0.3, -0.25) is 4.98 Å². The quantitative estimate of drug-likeness (QED) is 0.695. The lowest BCUT2D eigenvalue weighted by atomic mass is 10.1. The third-order valence-electron chi connectivity index (χ3n) is 1.57. The van der Waals surface area contributed by atoms with Crippen LogP contribution in [0.1, 0.15) is 18.4 Å². The Morgan fingerprint density at radius 2 is 2.45 bits per heavy atom. The van der Waals surface area contributed by atoms with Crippen LogP contribution in [0, 0.1) is 5.82 Å². The molecule has 1 atom stereocenters. The SMILES string of the molecule is CC(CBr)c1ccncc1F. The van der Waals surface area contributed by atoms with Crippen molar-refractivity contribution < 1.29 is 4.39 Å². The van der Waals surface area contributed by atoms with Gasteiger partial charge in [0, 0.05) is 11.5 Å². The lowest BCUT2D eigenvalue weighted by Gasteiger charge is -2.07. The van der Waals surface area contributed by atoms with Crippen molar-refractivity contribution in [1.82, 2.24) is 4.98 Å². The van der Waals surface area contributed by atoms with E-state index in [0.717, 1.165) is 10.9 Å². The molecule has 0 N–H and O–H groups in total. The molecule has 0 saturated carbocycles. The van der Waals surface area contributed by atoms with Crippen LogP contribution >= 0.6 is 15.9 Å². The van der Waals surface area contributed by atoms with Gasteiger partial charge in [0.15, 0.2) is 0 Å². The van der Waals surface area contributed by atoms with E-state index < -0.39 is 0 Å². The van der Waals surface area contributed by atoms with Crippen LogP contribution in [0.3, 0.4) is 0 Å². The molecule has 0 aliphatic carbocycles. The normalized spacial score (nSPS) is 13.0. The Hall–Kier alpha value is -0.440. The third kappa shape index (κ3) is 1.99. The summed E-state index contributed by atoms with van der Waals surface area (Å²) in [5, 5.41) is 0.772. The van der Waals surface area contributed by atoms with Crippen molar-refractivity contribution in [3.8, 4) is 0 Å². The highest BCUT2D eigenvalue weighted by atomic mass is 79.9. The summed E-state index contributed by atoms with van der Waals surface area (Å²) in [7, 11) is 0. The number of hydrogen-bond acceptors (Lipinski definition) is 1. The maximum atomic E-state index is 12.9. The predicted octanol–water partition coefficient (Wildman–Crippen LogP) is 2.72. The standard InChI is InChI=1S/C8H9BrFN/c1-6(4-9)7-2-3-11-5-8(7)10/h2-3,5-6H,4H2,1H3. The van der Waals surface area contributed by atoms with Gasteiger partial charge in [0.1, 0.15) is 5.82 Å². The molecule has 0 aromatic carbocycles. The number of hydrogen-bond donors (Lipinski definition) is 0. The molecule has 0 aliphatic rings. The first-order chi connectivity index (χ1) is 5.25. The molecule has 1 nitrogen and oxygen atoms in total. The van der Waals surface area contributed by atoms with Gasteiger partial charge in [-0.05, 0) is 17.5 Å². The molecule has 1 heterocycles. The minimum Gasteiger partial charge on any atom is -0.262 e. The summed E-state index contributed by atoms with van der Waals surface area (Å²) < 4.78 is 12.9. The average molecular weight is 218 g/mol. The number of pyridine rings is 1. The zero-order chi connectivity index (χ0) is 8.27. The Labute approximate surface area is 73.8 Å². The van der Waals surface area contributed by atoms with Gasteiger partial charge in [0.05, 0.1) is 6.20 Å². The summed E-state index contributed by atoms with van der Waals surface area (Å²) in [6.07, 6.45) is 2.85. The first-order valence-electron chi connectivity index (χ1n) is 3.41. The summed E-state index contributed by atoms with van der Waals surface area (Å²) in [6.45, 7) is 1.97. The maximum absolute atomic E-state index is 12.9. The van der Waals surface area contributed by atoms with Gasteiger partial charge in [0.25, 0.3) is 0 Å². The Morgan fingerprint density at radius 3 is 3.00 bits per heavy atom. The Balaban J connectivity index is 2.93. The van der Waals surface area contributed by atoms with Gasteiger partial charge in [0.2, 0.25) is 0 Å². The van der Waals surface area contributed by atoms with Gasteiger partial charge >= 0.3 is 0 Å². The molecule has 1 aromatic rings. The zero-order valence-electron chi connectivity index (χ0n) is 6.22. The summed E-state index contributed by atoms with van der Waals surface area (Å²) in [6, 6.07) is 1.71. The fourth-order valence-electron chi connectivity index (χ4n) is 0.869. The van der Waals surface area contributed by atoms with Crippen LogP contribution in [-0.4, -0.2) is 10.3 Å². The van der Waals surface area contributed by atoms with Crippen LogP contribution in [0.25, 0.3) is 0 Å². The molecule has 0 amide bonds. The Bertz CT molecular complexity index is 239. The van der Waals surface area contributed by atoms with Crippen LogP contribution < -0.4 is 0 Å². The molecular formula is C8H9BrFN. The number of aromatic nitrogens is 1. The van der Waals surface area contributed by atoms with E-state index in [-0.39, 0.29) is 11.7 Å². The fraction of sp³-hybridized carbons (Fsp3) is 0.375. The highest BCUT2D eigenvalue weighted by molar-refractivity contribution is 9.09. The van der Waals surface area contributed by atoms with Crippen LogP contribution in [0.15, 0.2) is 18.5 Å². The molecule has 0 fully saturated rings. The number of alkyl halides is 1. The van der Waals surface area contributed by atoms with Crippen molar-refractivity contribution in [3.05, 3.63) is 29.8 Å². The third-order valence-corrected chi connectivity index (χ3v) is 2.54. The number of rotatable bonds is 2. The number of nitrogens with zero attached hydrogens (tertiary/aromatic N) is 1.